The van der Waals surface area contributed by atoms with Gasteiger partial charge in [-0.2, -0.15) is 4.31 Å². The second-order valence-electron chi connectivity index (χ2n) is 6.47. The fraction of sp³-hybridized carbons (Fsp3) is 0.471. The number of nitrogens with one attached hydrogen (secondary N) is 1. The third-order valence-electron chi connectivity index (χ3n) is 4.38. The van der Waals surface area contributed by atoms with E-state index in [1.54, 1.807) is 36.0 Å². The molecule has 1 saturated heterocycles. The van der Waals surface area contributed by atoms with Crippen LogP contribution in [0.1, 0.15) is 26.2 Å². The first kappa shape index (κ1) is 19.8. The number of sulfonamides is 1. The summed E-state index contributed by atoms with van der Waals surface area (Å²) in [6, 6.07) is 6.42. The largest absolute Gasteiger partial charge is 0.325 e. The fourth-order valence-corrected chi connectivity index (χ4v) is 5.18. The van der Waals surface area contributed by atoms with Gasteiger partial charge in [0.1, 0.15) is 6.33 Å². The zero-order chi connectivity index (χ0) is 19.4. The van der Waals surface area contributed by atoms with Crippen molar-refractivity contribution in [2.75, 3.05) is 18.4 Å². The van der Waals surface area contributed by atoms with Crippen LogP contribution in [-0.4, -0.2) is 51.7 Å². The highest BCUT2D eigenvalue weighted by Gasteiger charge is 2.26. The molecule has 1 aromatic carbocycles. The lowest BCUT2D eigenvalue weighted by Crippen LogP contribution is -2.35. The molecule has 8 nitrogen and oxygen atoms in total. The van der Waals surface area contributed by atoms with Gasteiger partial charge in [-0.15, -0.1) is 10.2 Å². The average Bonchev–Trinajstić information content (AvgIpc) is 3.07. The van der Waals surface area contributed by atoms with E-state index >= 15 is 0 Å². The van der Waals surface area contributed by atoms with Crippen molar-refractivity contribution in [3.8, 4) is 0 Å². The van der Waals surface area contributed by atoms with E-state index in [1.165, 1.54) is 22.1 Å². The van der Waals surface area contributed by atoms with E-state index in [-0.39, 0.29) is 10.8 Å². The smallest absolute Gasteiger partial charge is 0.243 e. The van der Waals surface area contributed by atoms with E-state index in [4.69, 9.17) is 0 Å². The Labute approximate surface area is 163 Å². The van der Waals surface area contributed by atoms with Crippen molar-refractivity contribution >= 4 is 33.4 Å². The summed E-state index contributed by atoms with van der Waals surface area (Å²) in [6.07, 6.45) is 4.39. The highest BCUT2D eigenvalue weighted by Crippen LogP contribution is 2.24. The molecule has 0 saturated carbocycles. The van der Waals surface area contributed by atoms with Crippen LogP contribution in [0.5, 0.6) is 0 Å². The SMILES string of the molecule is CC(Sc1nncn1C)C(=O)Nc1cccc(S(=O)(=O)N2CCCCC2)c1. The third kappa shape index (κ3) is 4.69. The van der Waals surface area contributed by atoms with Crippen molar-refractivity contribution in [2.45, 2.75) is 41.5 Å². The normalized spacial score (nSPS) is 16.8. The molecule has 1 amide bonds. The number of amides is 1. The van der Waals surface area contributed by atoms with Gasteiger partial charge >= 0.3 is 0 Å². The molecule has 2 aromatic rings. The standard InChI is InChI=1S/C17H23N5O3S2/c1-13(26-17-20-18-12-21(17)2)16(23)19-14-7-6-8-15(11-14)27(24,25)22-9-4-3-5-10-22/h6-8,11-13H,3-5,9-10H2,1-2H3,(H,19,23). The molecule has 3 rings (SSSR count). The Kier molecular flexibility index (Phi) is 6.18. The van der Waals surface area contributed by atoms with Gasteiger partial charge in [0.05, 0.1) is 10.1 Å². The molecule has 0 radical (unpaired) electrons. The van der Waals surface area contributed by atoms with Crippen molar-refractivity contribution < 1.29 is 13.2 Å². The number of carbonyl (C=O) groups excluding carboxylic acids is 1. The van der Waals surface area contributed by atoms with Crippen LogP contribution < -0.4 is 5.32 Å². The van der Waals surface area contributed by atoms with E-state index in [1.807, 2.05) is 7.05 Å². The number of thioether (sulfide) groups is 1. The Morgan fingerprint density at radius 2 is 2.00 bits per heavy atom. The van der Waals surface area contributed by atoms with Crippen LogP contribution in [0, 0.1) is 0 Å². The number of rotatable bonds is 6. The van der Waals surface area contributed by atoms with Crippen LogP contribution in [0.15, 0.2) is 40.6 Å². The van der Waals surface area contributed by atoms with E-state index < -0.39 is 15.3 Å². The Balaban J connectivity index is 1.70. The molecule has 1 atom stereocenters. The number of anilines is 1. The zero-order valence-electron chi connectivity index (χ0n) is 15.3. The molecular formula is C17H23N5O3S2. The summed E-state index contributed by atoms with van der Waals surface area (Å²) < 4.78 is 28.9. The Morgan fingerprint density at radius 1 is 1.26 bits per heavy atom. The molecule has 1 aliphatic heterocycles. The molecule has 1 aromatic heterocycles. The summed E-state index contributed by atoms with van der Waals surface area (Å²) in [6.45, 7) is 2.86. The molecule has 1 N–H and O–H groups in total. The molecule has 1 unspecified atom stereocenters. The number of hydrogen-bond acceptors (Lipinski definition) is 6. The number of nitrogens with zero attached hydrogens (tertiary/aromatic N) is 4. The average molecular weight is 410 g/mol. The second kappa shape index (κ2) is 8.41. The van der Waals surface area contributed by atoms with Crippen molar-refractivity contribution in [3.63, 3.8) is 0 Å². The molecule has 1 fully saturated rings. The summed E-state index contributed by atoms with van der Waals surface area (Å²) in [7, 11) is -1.72. The highest BCUT2D eigenvalue weighted by molar-refractivity contribution is 8.00. The predicted molar refractivity (Wildman–Crippen MR) is 104 cm³/mol. The minimum Gasteiger partial charge on any atom is -0.325 e. The lowest BCUT2D eigenvalue weighted by Gasteiger charge is -2.26. The van der Waals surface area contributed by atoms with Gasteiger partial charge in [0.25, 0.3) is 0 Å². The van der Waals surface area contributed by atoms with Gasteiger partial charge in [0.15, 0.2) is 5.16 Å². The topological polar surface area (TPSA) is 97.2 Å². The number of hydrogen-bond donors (Lipinski definition) is 1. The van der Waals surface area contributed by atoms with E-state index in [2.05, 4.69) is 15.5 Å². The third-order valence-corrected chi connectivity index (χ3v) is 7.42. The van der Waals surface area contributed by atoms with Crippen molar-refractivity contribution in [3.05, 3.63) is 30.6 Å². The maximum atomic E-state index is 12.8. The van der Waals surface area contributed by atoms with E-state index in [0.29, 0.717) is 23.9 Å². The van der Waals surface area contributed by atoms with E-state index in [9.17, 15) is 13.2 Å². The molecule has 1 aliphatic rings. The Morgan fingerprint density at radius 3 is 2.67 bits per heavy atom. The summed E-state index contributed by atoms with van der Waals surface area (Å²) in [5.41, 5.74) is 0.462. The van der Waals surface area contributed by atoms with Crippen molar-refractivity contribution in [1.82, 2.24) is 19.1 Å². The van der Waals surface area contributed by atoms with Gasteiger partial charge in [-0.25, -0.2) is 8.42 Å². The minimum absolute atomic E-state index is 0.204. The van der Waals surface area contributed by atoms with Gasteiger partial charge in [-0.1, -0.05) is 24.2 Å². The number of aromatic nitrogens is 3. The van der Waals surface area contributed by atoms with Gasteiger partial charge in [0.2, 0.25) is 15.9 Å². The molecule has 146 valence electrons. The van der Waals surface area contributed by atoms with Gasteiger partial charge < -0.3 is 9.88 Å². The molecule has 0 bridgehead atoms. The van der Waals surface area contributed by atoms with Crippen molar-refractivity contribution in [2.24, 2.45) is 7.05 Å². The molecule has 0 spiro atoms. The molecular weight excluding hydrogens is 386 g/mol. The van der Waals surface area contributed by atoms with Gasteiger partial charge in [-0.3, -0.25) is 4.79 Å². The quantitative estimate of drug-likeness (QED) is 0.734. The monoisotopic (exact) mass is 409 g/mol. The molecule has 2 heterocycles. The maximum Gasteiger partial charge on any atom is 0.243 e. The van der Waals surface area contributed by atoms with Gasteiger partial charge in [-0.05, 0) is 38.0 Å². The Hall–Kier alpha value is -1.91. The number of piperidine rings is 1. The lowest BCUT2D eigenvalue weighted by atomic mass is 10.2. The maximum absolute atomic E-state index is 12.8. The van der Waals surface area contributed by atoms with Crippen molar-refractivity contribution in [1.29, 1.82) is 0 Å². The van der Waals surface area contributed by atoms with Crippen LogP contribution in [-0.2, 0) is 21.9 Å². The first-order valence-corrected chi connectivity index (χ1v) is 11.1. The van der Waals surface area contributed by atoms with Crippen LogP contribution in [0.4, 0.5) is 5.69 Å². The van der Waals surface area contributed by atoms with E-state index in [0.717, 1.165) is 19.3 Å². The van der Waals surface area contributed by atoms with Crippen LogP contribution in [0.3, 0.4) is 0 Å². The summed E-state index contributed by atoms with van der Waals surface area (Å²) >= 11 is 1.29. The van der Waals surface area contributed by atoms with Crippen LogP contribution in [0.2, 0.25) is 0 Å². The minimum atomic E-state index is -3.53. The Bertz CT molecular complexity index is 907. The van der Waals surface area contributed by atoms with Crippen LogP contribution in [0.25, 0.3) is 0 Å². The number of aryl methyl sites for hydroxylation is 1. The number of carbonyl (C=O) groups is 1. The summed E-state index contributed by atoms with van der Waals surface area (Å²) in [5, 5.41) is 10.8. The number of benzene rings is 1. The predicted octanol–water partition coefficient (Wildman–Crippen LogP) is 2.11. The van der Waals surface area contributed by atoms with Crippen LogP contribution >= 0.6 is 11.8 Å². The lowest BCUT2D eigenvalue weighted by molar-refractivity contribution is -0.115. The second-order valence-corrected chi connectivity index (χ2v) is 9.71. The fourth-order valence-electron chi connectivity index (χ4n) is 2.82. The zero-order valence-corrected chi connectivity index (χ0v) is 17.0. The molecule has 0 aliphatic carbocycles. The van der Waals surface area contributed by atoms with Gasteiger partial charge in [0, 0.05) is 25.8 Å². The molecule has 10 heteroatoms. The summed E-state index contributed by atoms with van der Waals surface area (Å²) in [5.74, 6) is -0.226. The molecule has 27 heavy (non-hydrogen) atoms. The highest BCUT2D eigenvalue weighted by atomic mass is 32.2. The first-order chi connectivity index (χ1) is 12.9. The first-order valence-electron chi connectivity index (χ1n) is 8.79. The summed E-state index contributed by atoms with van der Waals surface area (Å²) in [4.78, 5) is 12.7.